The molecule has 148 valence electrons. The van der Waals surface area contributed by atoms with Gasteiger partial charge in [0.25, 0.3) is 0 Å². The molecule has 0 unspecified atom stereocenters. The zero-order chi connectivity index (χ0) is 20.6. The van der Waals surface area contributed by atoms with Crippen molar-refractivity contribution in [3.63, 3.8) is 0 Å². The van der Waals surface area contributed by atoms with Gasteiger partial charge in [0.1, 0.15) is 23.7 Å². The second-order valence-electron chi connectivity index (χ2n) is 7.77. The van der Waals surface area contributed by atoms with E-state index in [0.29, 0.717) is 24.3 Å². The van der Waals surface area contributed by atoms with Gasteiger partial charge in [0.2, 0.25) is 0 Å². The number of likely N-dealkylation sites (N-methyl/N-ethyl adjacent to an activating group) is 1. The van der Waals surface area contributed by atoms with Gasteiger partial charge >= 0.3 is 0 Å². The van der Waals surface area contributed by atoms with Crippen LogP contribution in [0.4, 0.5) is 0 Å². The van der Waals surface area contributed by atoms with Crippen molar-refractivity contribution in [2.24, 2.45) is 4.99 Å². The van der Waals surface area contributed by atoms with Gasteiger partial charge in [-0.05, 0) is 50.4 Å². The highest BCUT2D eigenvalue weighted by Crippen LogP contribution is 2.46. The second-order valence-corrected chi connectivity index (χ2v) is 7.77. The van der Waals surface area contributed by atoms with Crippen LogP contribution in [0, 0.1) is 0 Å². The Bertz CT molecular complexity index is 1120. The molecule has 5 heteroatoms. The van der Waals surface area contributed by atoms with Crippen molar-refractivity contribution < 1.29 is 13.9 Å². The van der Waals surface area contributed by atoms with E-state index in [1.54, 1.807) is 6.20 Å². The SMILES string of the molecule is C=N/C=C\N(C)CCOc1ccc2c(c1)C(C)(C)c1oc3ccccc3c1C2=O. The summed E-state index contributed by atoms with van der Waals surface area (Å²) in [6.45, 7) is 8.82. The molecule has 1 aliphatic carbocycles. The number of hydrogen-bond donors (Lipinski definition) is 0. The van der Waals surface area contributed by atoms with Crippen LogP contribution in [-0.4, -0.2) is 37.6 Å². The van der Waals surface area contributed by atoms with Crippen LogP contribution in [0.1, 0.15) is 41.1 Å². The lowest BCUT2D eigenvalue weighted by atomic mass is 9.72. The van der Waals surface area contributed by atoms with E-state index in [0.717, 1.165) is 28.0 Å². The van der Waals surface area contributed by atoms with Crippen LogP contribution in [0.3, 0.4) is 0 Å². The third-order valence-electron chi connectivity index (χ3n) is 5.44. The van der Waals surface area contributed by atoms with Gasteiger partial charge in [-0.15, -0.1) is 0 Å². The van der Waals surface area contributed by atoms with Crippen LogP contribution in [0.2, 0.25) is 0 Å². The predicted octanol–water partition coefficient (Wildman–Crippen LogP) is 4.79. The van der Waals surface area contributed by atoms with E-state index in [4.69, 9.17) is 9.15 Å². The van der Waals surface area contributed by atoms with Crippen molar-refractivity contribution in [1.29, 1.82) is 0 Å². The van der Waals surface area contributed by atoms with Crippen LogP contribution in [-0.2, 0) is 5.41 Å². The van der Waals surface area contributed by atoms with Crippen molar-refractivity contribution >= 4 is 23.5 Å². The van der Waals surface area contributed by atoms with E-state index in [1.807, 2.05) is 60.6 Å². The number of rotatable bonds is 6. The smallest absolute Gasteiger partial charge is 0.197 e. The standard InChI is InChI=1S/C24H24N2O3/c1-24(2)19-15-16(28-14-13-26(4)12-11-25-3)9-10-17(19)22(27)21-18-7-5-6-8-20(18)29-23(21)24/h5-12,15H,3,13-14H2,1-2,4H3/b12-11-. The molecule has 5 nitrogen and oxygen atoms in total. The van der Waals surface area contributed by atoms with Crippen LogP contribution < -0.4 is 4.74 Å². The van der Waals surface area contributed by atoms with E-state index in [-0.39, 0.29) is 5.78 Å². The van der Waals surface area contributed by atoms with Gasteiger partial charge < -0.3 is 14.1 Å². The van der Waals surface area contributed by atoms with Crippen LogP contribution in [0.25, 0.3) is 11.0 Å². The topological polar surface area (TPSA) is 55.0 Å². The largest absolute Gasteiger partial charge is 0.492 e. The molecule has 3 aromatic rings. The lowest BCUT2D eigenvalue weighted by Crippen LogP contribution is -2.29. The maximum absolute atomic E-state index is 13.3. The number of nitrogens with zero attached hydrogens (tertiary/aromatic N) is 2. The highest BCUT2D eigenvalue weighted by atomic mass is 16.5. The number of para-hydroxylation sites is 1. The van der Waals surface area contributed by atoms with E-state index >= 15 is 0 Å². The third-order valence-corrected chi connectivity index (χ3v) is 5.44. The Morgan fingerprint density at radius 2 is 2.03 bits per heavy atom. The molecular weight excluding hydrogens is 364 g/mol. The Balaban J connectivity index is 1.64. The average molecular weight is 388 g/mol. The lowest BCUT2D eigenvalue weighted by molar-refractivity contribution is 0.102. The summed E-state index contributed by atoms with van der Waals surface area (Å²) < 4.78 is 12.1. The first-order valence-electron chi connectivity index (χ1n) is 9.60. The molecule has 1 aliphatic rings. The molecule has 29 heavy (non-hydrogen) atoms. The number of ether oxygens (including phenoxy) is 1. The molecule has 0 spiro atoms. The average Bonchev–Trinajstić information content (AvgIpc) is 3.12. The minimum Gasteiger partial charge on any atom is -0.492 e. The van der Waals surface area contributed by atoms with Crippen LogP contribution in [0.15, 0.2) is 64.3 Å². The summed E-state index contributed by atoms with van der Waals surface area (Å²) in [5.74, 6) is 1.46. The molecule has 0 amide bonds. The van der Waals surface area contributed by atoms with E-state index in [9.17, 15) is 4.79 Å². The molecule has 0 saturated carbocycles. The maximum atomic E-state index is 13.3. The Hall–Kier alpha value is -3.34. The number of benzene rings is 2. The number of furan rings is 1. The molecule has 0 atom stereocenters. The quantitative estimate of drug-likeness (QED) is 0.570. The predicted molar refractivity (Wildman–Crippen MR) is 115 cm³/mol. The normalized spacial score (nSPS) is 14.7. The zero-order valence-electron chi connectivity index (χ0n) is 16.9. The van der Waals surface area contributed by atoms with Gasteiger partial charge in [0, 0.05) is 35.8 Å². The Kier molecular flexibility index (Phi) is 4.74. The molecule has 0 fully saturated rings. The summed E-state index contributed by atoms with van der Waals surface area (Å²) >= 11 is 0. The number of ketones is 1. The molecule has 0 bridgehead atoms. The van der Waals surface area contributed by atoms with Gasteiger partial charge in [-0.2, -0.15) is 0 Å². The van der Waals surface area contributed by atoms with E-state index < -0.39 is 5.41 Å². The summed E-state index contributed by atoms with van der Waals surface area (Å²) in [6, 6.07) is 13.4. The molecule has 4 rings (SSSR count). The minimum atomic E-state index is -0.438. The number of fused-ring (bicyclic) bond motifs is 4. The van der Waals surface area contributed by atoms with Gasteiger partial charge in [0.05, 0.1) is 12.1 Å². The minimum absolute atomic E-state index is 0.00706. The number of hydrogen-bond acceptors (Lipinski definition) is 5. The van der Waals surface area contributed by atoms with Gasteiger partial charge in [-0.1, -0.05) is 18.2 Å². The van der Waals surface area contributed by atoms with Crippen molar-refractivity contribution in [2.45, 2.75) is 19.3 Å². The van der Waals surface area contributed by atoms with Crippen molar-refractivity contribution in [3.05, 3.63) is 77.3 Å². The van der Waals surface area contributed by atoms with Gasteiger partial charge in [-0.3, -0.25) is 9.79 Å². The number of aliphatic imine (C=N–C) groups is 1. The number of carbonyl (C=O) groups is 1. The first-order valence-corrected chi connectivity index (χ1v) is 9.60. The Morgan fingerprint density at radius 3 is 2.83 bits per heavy atom. The molecular formula is C24H24N2O3. The van der Waals surface area contributed by atoms with Crippen LogP contribution in [0.5, 0.6) is 5.75 Å². The Labute approximate surface area is 170 Å². The van der Waals surface area contributed by atoms with Crippen LogP contribution >= 0.6 is 0 Å². The fourth-order valence-corrected chi connectivity index (χ4v) is 3.84. The second kappa shape index (κ2) is 7.24. The summed E-state index contributed by atoms with van der Waals surface area (Å²) in [6.07, 6.45) is 3.48. The Morgan fingerprint density at radius 1 is 1.24 bits per heavy atom. The lowest BCUT2D eigenvalue weighted by Gasteiger charge is -2.31. The van der Waals surface area contributed by atoms with Crippen molar-refractivity contribution in [3.8, 4) is 5.75 Å². The van der Waals surface area contributed by atoms with Gasteiger partial charge in [0.15, 0.2) is 5.78 Å². The van der Waals surface area contributed by atoms with E-state index in [2.05, 4.69) is 25.6 Å². The maximum Gasteiger partial charge on any atom is 0.197 e. The molecule has 1 aromatic heterocycles. The first kappa shape index (κ1) is 19.0. The summed E-state index contributed by atoms with van der Waals surface area (Å²) in [5.41, 5.74) is 2.62. The zero-order valence-corrected chi connectivity index (χ0v) is 16.9. The molecule has 1 heterocycles. The highest BCUT2D eigenvalue weighted by molar-refractivity contribution is 6.19. The molecule has 0 saturated heterocycles. The molecule has 0 radical (unpaired) electrons. The fraction of sp³-hybridized carbons (Fsp3) is 0.250. The monoisotopic (exact) mass is 388 g/mol. The molecule has 2 aromatic carbocycles. The molecule has 0 N–H and O–H groups in total. The fourth-order valence-electron chi connectivity index (χ4n) is 3.84. The highest BCUT2D eigenvalue weighted by Gasteiger charge is 2.41. The van der Waals surface area contributed by atoms with Crippen molar-refractivity contribution in [1.82, 2.24) is 4.90 Å². The first-order chi connectivity index (χ1) is 13.9. The van der Waals surface area contributed by atoms with Gasteiger partial charge in [-0.25, -0.2) is 0 Å². The summed E-state index contributed by atoms with van der Waals surface area (Å²) in [7, 11) is 1.95. The van der Waals surface area contributed by atoms with Crippen molar-refractivity contribution in [2.75, 3.05) is 20.2 Å². The number of carbonyl (C=O) groups excluding carboxylic acids is 1. The van der Waals surface area contributed by atoms with E-state index in [1.165, 1.54) is 0 Å². The summed E-state index contributed by atoms with van der Waals surface area (Å²) in [5, 5.41) is 0.872. The summed E-state index contributed by atoms with van der Waals surface area (Å²) in [4.78, 5) is 18.9. The molecule has 0 aliphatic heterocycles. The third kappa shape index (κ3) is 3.23.